The van der Waals surface area contributed by atoms with E-state index in [1.807, 2.05) is 0 Å². The maximum Gasteiger partial charge on any atom is 0.404 e. The lowest BCUT2D eigenvalue weighted by Gasteiger charge is -2.36. The Morgan fingerprint density at radius 3 is 1.45 bits per heavy atom. The summed E-state index contributed by atoms with van der Waals surface area (Å²) in [5.41, 5.74) is -2.34. The van der Waals surface area contributed by atoms with E-state index in [1.54, 1.807) is 10.6 Å². The molecule has 0 fully saturated rings. The Bertz CT molecular complexity index is 488. The largest absolute Gasteiger partial charge is 0.479 e. The molecule has 1 amide bonds. The van der Waals surface area contributed by atoms with Gasteiger partial charge in [0.1, 0.15) is 0 Å². The molecule has 0 heterocycles. The van der Waals surface area contributed by atoms with E-state index in [0.717, 1.165) is 0 Å². The van der Waals surface area contributed by atoms with Crippen LogP contribution in [0.15, 0.2) is 0 Å². The average molecular weight is 323 g/mol. The van der Waals surface area contributed by atoms with E-state index in [-0.39, 0.29) is 0 Å². The minimum absolute atomic E-state index is 0.535. The first-order valence-electron chi connectivity index (χ1n) is 5.38. The maximum atomic E-state index is 11.3. The minimum atomic E-state index is -3.76. The van der Waals surface area contributed by atoms with Crippen LogP contribution in [0.3, 0.4) is 0 Å². The standard InChI is InChI=1S/C9H13N3O10/c10-8(3(13)14,4(15)16)9(5(17)18,6(19)20)12-2-1-11-7(21)22/h11-12H,1-2,10H2,(H,13,14)(H,15,16)(H,17,18)(H,19,20)(H,21,22). The molecule has 0 saturated heterocycles. The van der Waals surface area contributed by atoms with Crippen LogP contribution < -0.4 is 16.4 Å². The first-order chi connectivity index (χ1) is 9.94. The molecule has 9 N–H and O–H groups in total. The highest BCUT2D eigenvalue weighted by molar-refractivity contribution is 6.19. The molecule has 0 aliphatic carbocycles. The molecule has 0 saturated carbocycles. The van der Waals surface area contributed by atoms with E-state index in [0.29, 0.717) is 0 Å². The van der Waals surface area contributed by atoms with Crippen molar-refractivity contribution >= 4 is 30.0 Å². The number of aliphatic carboxylic acids is 4. The van der Waals surface area contributed by atoms with Crippen LogP contribution in [0.1, 0.15) is 0 Å². The van der Waals surface area contributed by atoms with Crippen molar-refractivity contribution in [2.24, 2.45) is 5.73 Å². The van der Waals surface area contributed by atoms with Crippen LogP contribution in [0.5, 0.6) is 0 Å². The summed E-state index contributed by atoms with van der Waals surface area (Å²) in [6, 6.07) is 0. The smallest absolute Gasteiger partial charge is 0.404 e. The molecule has 0 spiro atoms. The monoisotopic (exact) mass is 323 g/mol. The second kappa shape index (κ2) is 6.68. The van der Waals surface area contributed by atoms with Gasteiger partial charge >= 0.3 is 30.0 Å². The topological polar surface area (TPSA) is 237 Å². The molecule has 0 aromatic heterocycles. The number of carboxylic acid groups (broad SMARTS) is 5. The fourth-order valence-electron chi connectivity index (χ4n) is 1.55. The van der Waals surface area contributed by atoms with Gasteiger partial charge < -0.3 is 36.6 Å². The Morgan fingerprint density at radius 2 is 1.18 bits per heavy atom. The van der Waals surface area contributed by atoms with Crippen molar-refractivity contribution in [1.29, 1.82) is 0 Å². The Balaban J connectivity index is 5.84. The normalized spacial score (nSPS) is 11.5. The average Bonchev–Trinajstić information content (AvgIpc) is 2.36. The molecule has 0 aromatic rings. The third-order valence-corrected chi connectivity index (χ3v) is 2.70. The summed E-state index contributed by atoms with van der Waals surface area (Å²) in [4.78, 5) is 54.9. The quantitative estimate of drug-likeness (QED) is 0.153. The van der Waals surface area contributed by atoms with Gasteiger partial charge in [-0.15, -0.1) is 0 Å². The first kappa shape index (κ1) is 19.1. The lowest BCUT2D eigenvalue weighted by molar-refractivity contribution is -0.178. The van der Waals surface area contributed by atoms with Gasteiger partial charge in [0.15, 0.2) is 0 Å². The molecule has 0 aromatic carbocycles. The lowest BCUT2D eigenvalue weighted by atomic mass is 9.76. The zero-order valence-electron chi connectivity index (χ0n) is 10.8. The molecule has 0 rings (SSSR count). The van der Waals surface area contributed by atoms with E-state index >= 15 is 0 Å². The molecule has 13 nitrogen and oxygen atoms in total. The maximum absolute atomic E-state index is 11.3. The summed E-state index contributed by atoms with van der Waals surface area (Å²) >= 11 is 0. The molecule has 0 aliphatic rings. The highest BCUT2D eigenvalue weighted by Crippen LogP contribution is 2.23. The molecule has 0 aliphatic heterocycles. The Hall–Kier alpha value is -2.93. The van der Waals surface area contributed by atoms with Crippen LogP contribution in [0.4, 0.5) is 4.79 Å². The van der Waals surface area contributed by atoms with Crippen LogP contribution in [0, 0.1) is 0 Å². The van der Waals surface area contributed by atoms with Crippen molar-refractivity contribution in [3.8, 4) is 0 Å². The number of hydrogen-bond donors (Lipinski definition) is 8. The van der Waals surface area contributed by atoms with E-state index in [9.17, 15) is 24.0 Å². The lowest BCUT2D eigenvalue weighted by Crippen LogP contribution is -2.81. The van der Waals surface area contributed by atoms with Crippen molar-refractivity contribution in [2.75, 3.05) is 13.1 Å². The number of rotatable bonds is 9. The number of carbonyl (C=O) groups is 5. The van der Waals surface area contributed by atoms with Gasteiger partial charge in [-0.3, -0.25) is 5.32 Å². The Morgan fingerprint density at radius 1 is 0.773 bits per heavy atom. The zero-order valence-corrected chi connectivity index (χ0v) is 10.8. The minimum Gasteiger partial charge on any atom is -0.479 e. The van der Waals surface area contributed by atoms with Gasteiger partial charge in [0.25, 0.3) is 11.1 Å². The van der Waals surface area contributed by atoms with Gasteiger partial charge in [0, 0.05) is 13.1 Å². The summed E-state index contributed by atoms with van der Waals surface area (Å²) in [7, 11) is 0. The second-order valence-electron chi connectivity index (χ2n) is 3.94. The summed E-state index contributed by atoms with van der Waals surface area (Å²) in [6.45, 7) is -1.25. The summed E-state index contributed by atoms with van der Waals surface area (Å²) in [5, 5.41) is 47.6. The molecular weight excluding hydrogens is 310 g/mol. The molecule has 124 valence electrons. The fraction of sp³-hybridized carbons (Fsp3) is 0.444. The summed E-state index contributed by atoms with van der Waals surface area (Å²) in [6.07, 6.45) is -1.52. The number of hydrogen-bond acceptors (Lipinski definition) is 7. The molecule has 0 radical (unpaired) electrons. The van der Waals surface area contributed by atoms with Crippen LogP contribution in [-0.2, 0) is 19.2 Å². The molecule has 0 atom stereocenters. The number of nitrogens with one attached hydrogen (secondary N) is 2. The SMILES string of the molecule is NC(C(=O)O)(C(=O)O)C(NCCNC(=O)O)(C(=O)O)C(=O)O. The van der Waals surface area contributed by atoms with E-state index < -0.39 is 54.1 Å². The van der Waals surface area contributed by atoms with Crippen molar-refractivity contribution in [3.05, 3.63) is 0 Å². The van der Waals surface area contributed by atoms with Crippen LogP contribution in [-0.4, -0.2) is 79.7 Å². The van der Waals surface area contributed by atoms with E-state index in [4.69, 9.17) is 31.3 Å². The highest BCUT2D eigenvalue weighted by Gasteiger charge is 2.70. The van der Waals surface area contributed by atoms with Gasteiger partial charge in [0.2, 0.25) is 0 Å². The number of nitrogens with two attached hydrogens (primary N) is 1. The number of carboxylic acids is 4. The molecular formula is C9H13N3O10. The van der Waals surface area contributed by atoms with Crippen molar-refractivity contribution in [1.82, 2.24) is 10.6 Å². The third-order valence-electron chi connectivity index (χ3n) is 2.70. The van der Waals surface area contributed by atoms with Crippen molar-refractivity contribution in [2.45, 2.75) is 11.1 Å². The van der Waals surface area contributed by atoms with Crippen LogP contribution in [0.2, 0.25) is 0 Å². The van der Waals surface area contributed by atoms with Gasteiger partial charge in [-0.1, -0.05) is 0 Å². The van der Waals surface area contributed by atoms with Gasteiger partial charge in [-0.05, 0) is 0 Å². The zero-order chi connectivity index (χ0) is 17.7. The molecule has 0 unspecified atom stereocenters. The second-order valence-corrected chi connectivity index (χ2v) is 3.94. The van der Waals surface area contributed by atoms with E-state index in [2.05, 4.69) is 0 Å². The third kappa shape index (κ3) is 3.04. The predicted octanol–water partition coefficient (Wildman–Crippen LogP) is -3.38. The summed E-state index contributed by atoms with van der Waals surface area (Å²) in [5.74, 6) is -9.57. The Kier molecular flexibility index (Phi) is 5.79. The van der Waals surface area contributed by atoms with Crippen molar-refractivity contribution < 1.29 is 49.5 Å². The fourth-order valence-corrected chi connectivity index (χ4v) is 1.55. The van der Waals surface area contributed by atoms with Gasteiger partial charge in [0.05, 0.1) is 0 Å². The molecule has 22 heavy (non-hydrogen) atoms. The van der Waals surface area contributed by atoms with Gasteiger partial charge in [-0.25, -0.2) is 24.0 Å². The highest BCUT2D eigenvalue weighted by atomic mass is 16.4. The Labute approximate surface area is 121 Å². The van der Waals surface area contributed by atoms with E-state index in [1.165, 1.54) is 0 Å². The molecule has 0 bridgehead atoms. The number of amides is 1. The van der Waals surface area contributed by atoms with Crippen molar-refractivity contribution in [3.63, 3.8) is 0 Å². The summed E-state index contributed by atoms with van der Waals surface area (Å²) < 4.78 is 0. The van der Waals surface area contributed by atoms with Crippen LogP contribution >= 0.6 is 0 Å². The van der Waals surface area contributed by atoms with Crippen LogP contribution in [0.25, 0.3) is 0 Å². The molecule has 13 heteroatoms. The first-order valence-corrected chi connectivity index (χ1v) is 5.38. The van der Waals surface area contributed by atoms with Gasteiger partial charge in [-0.2, -0.15) is 0 Å². The predicted molar refractivity (Wildman–Crippen MR) is 64.2 cm³/mol.